The molecule has 3 nitrogen and oxygen atoms in total. The van der Waals surface area contributed by atoms with Crippen molar-refractivity contribution in [2.45, 2.75) is 25.8 Å². The number of H-pyrrole nitrogens is 1. The van der Waals surface area contributed by atoms with Crippen molar-refractivity contribution in [2.24, 2.45) is 0 Å². The molecule has 0 aliphatic carbocycles. The number of ketones is 1. The van der Waals surface area contributed by atoms with Crippen molar-refractivity contribution in [3.8, 4) is 5.75 Å². The van der Waals surface area contributed by atoms with Crippen molar-refractivity contribution in [1.82, 2.24) is 4.98 Å². The Hall–Kier alpha value is -1.42. The molecule has 1 heterocycles. The van der Waals surface area contributed by atoms with Crippen molar-refractivity contribution < 1.29 is 9.53 Å². The fourth-order valence-electron chi connectivity index (χ4n) is 2.00. The number of aromatic amines is 1. The predicted octanol–water partition coefficient (Wildman–Crippen LogP) is 3.88. The third kappa shape index (κ3) is 2.38. The minimum atomic E-state index is 0.0887. The average molecular weight is 263 g/mol. The Morgan fingerprint density at radius 3 is 2.78 bits per heavy atom. The van der Waals surface area contributed by atoms with Crippen LogP contribution < -0.4 is 4.74 Å². The average Bonchev–Trinajstić information content (AvgIpc) is 2.67. The molecule has 0 aliphatic heterocycles. The maximum atomic E-state index is 11.8. The molecular formula is C14H17NO2S. The minimum absolute atomic E-state index is 0.0887. The van der Waals surface area contributed by atoms with E-state index in [0.29, 0.717) is 6.61 Å². The maximum absolute atomic E-state index is 11.8. The van der Waals surface area contributed by atoms with E-state index in [2.05, 4.69) is 11.9 Å². The summed E-state index contributed by atoms with van der Waals surface area (Å²) in [4.78, 5) is 15.1. The molecule has 0 aliphatic rings. The molecule has 2 aromatic rings. The van der Waals surface area contributed by atoms with Gasteiger partial charge >= 0.3 is 0 Å². The Balaban J connectivity index is 2.59. The van der Waals surface area contributed by atoms with E-state index in [9.17, 15) is 4.79 Å². The summed E-state index contributed by atoms with van der Waals surface area (Å²) in [6.45, 7) is 6.26. The summed E-state index contributed by atoms with van der Waals surface area (Å²) < 4.78 is 5.49. The number of hydrogen-bond donors (Lipinski definition) is 1. The number of carbonyl (C=O) groups is 1. The molecule has 0 fully saturated rings. The fourth-order valence-corrected chi connectivity index (χ4v) is 2.87. The molecule has 4 heteroatoms. The van der Waals surface area contributed by atoms with Crippen molar-refractivity contribution in [2.75, 3.05) is 12.4 Å². The molecular weight excluding hydrogens is 246 g/mol. The second kappa shape index (κ2) is 5.48. The molecule has 1 aromatic heterocycles. The Bertz CT molecular complexity index is 574. The van der Waals surface area contributed by atoms with E-state index >= 15 is 0 Å². The van der Waals surface area contributed by atoms with Gasteiger partial charge in [0.15, 0.2) is 5.78 Å². The first-order valence-electron chi connectivity index (χ1n) is 6.09. The summed E-state index contributed by atoms with van der Waals surface area (Å²) in [5.41, 5.74) is 1.76. The highest BCUT2D eigenvalue weighted by molar-refractivity contribution is 7.99. The van der Waals surface area contributed by atoms with Crippen LogP contribution in [0.15, 0.2) is 23.2 Å². The van der Waals surface area contributed by atoms with Gasteiger partial charge in [-0.15, -0.1) is 11.8 Å². The van der Waals surface area contributed by atoms with Gasteiger partial charge in [0.05, 0.1) is 17.2 Å². The first-order valence-corrected chi connectivity index (χ1v) is 7.08. The molecule has 2 rings (SSSR count). The summed E-state index contributed by atoms with van der Waals surface area (Å²) in [6, 6.07) is 5.82. The summed E-state index contributed by atoms with van der Waals surface area (Å²) in [7, 11) is 0. The van der Waals surface area contributed by atoms with Crippen LogP contribution in [0.3, 0.4) is 0 Å². The van der Waals surface area contributed by atoms with Crippen molar-refractivity contribution in [1.29, 1.82) is 0 Å². The largest absolute Gasteiger partial charge is 0.494 e. The van der Waals surface area contributed by atoms with E-state index in [4.69, 9.17) is 4.74 Å². The Labute approximate surface area is 111 Å². The Morgan fingerprint density at radius 1 is 1.39 bits per heavy atom. The lowest BCUT2D eigenvalue weighted by atomic mass is 10.1. The third-order valence-electron chi connectivity index (χ3n) is 2.69. The van der Waals surface area contributed by atoms with Crippen molar-refractivity contribution in [3.63, 3.8) is 0 Å². The van der Waals surface area contributed by atoms with Gasteiger partial charge in [0.2, 0.25) is 0 Å². The molecule has 1 N–H and O–H groups in total. The van der Waals surface area contributed by atoms with Gasteiger partial charge in [-0.1, -0.05) is 6.92 Å². The summed E-state index contributed by atoms with van der Waals surface area (Å²) in [5.74, 6) is 1.83. The highest BCUT2D eigenvalue weighted by Crippen LogP contribution is 2.32. The van der Waals surface area contributed by atoms with Crippen LogP contribution in [0, 0.1) is 0 Å². The molecule has 0 saturated heterocycles. The van der Waals surface area contributed by atoms with Crippen LogP contribution in [-0.2, 0) is 0 Å². The molecule has 0 spiro atoms. The lowest BCUT2D eigenvalue weighted by Crippen LogP contribution is -1.94. The van der Waals surface area contributed by atoms with Gasteiger partial charge in [-0.3, -0.25) is 4.79 Å². The van der Waals surface area contributed by atoms with E-state index in [0.717, 1.165) is 33.0 Å². The van der Waals surface area contributed by atoms with Gasteiger partial charge in [0, 0.05) is 10.9 Å². The lowest BCUT2D eigenvalue weighted by Gasteiger charge is -2.03. The zero-order valence-corrected chi connectivity index (χ0v) is 11.7. The molecule has 0 amide bonds. The number of hydrogen-bond acceptors (Lipinski definition) is 3. The number of fused-ring (bicyclic) bond motifs is 1. The van der Waals surface area contributed by atoms with E-state index < -0.39 is 0 Å². The van der Waals surface area contributed by atoms with Gasteiger partial charge in [-0.25, -0.2) is 0 Å². The second-order valence-electron chi connectivity index (χ2n) is 3.96. The van der Waals surface area contributed by atoms with Crippen LogP contribution in [0.25, 0.3) is 10.9 Å². The van der Waals surface area contributed by atoms with Crippen LogP contribution >= 0.6 is 11.8 Å². The quantitative estimate of drug-likeness (QED) is 0.657. The van der Waals surface area contributed by atoms with Gasteiger partial charge in [0.1, 0.15) is 5.75 Å². The lowest BCUT2D eigenvalue weighted by molar-refractivity contribution is 0.101. The van der Waals surface area contributed by atoms with Gasteiger partial charge < -0.3 is 9.72 Å². The number of ether oxygens (including phenoxy) is 1. The monoisotopic (exact) mass is 263 g/mol. The van der Waals surface area contributed by atoms with E-state index in [1.807, 2.05) is 25.1 Å². The van der Waals surface area contributed by atoms with Crippen LogP contribution in [0.4, 0.5) is 0 Å². The predicted molar refractivity (Wildman–Crippen MR) is 75.9 cm³/mol. The van der Waals surface area contributed by atoms with Crippen LogP contribution in [-0.4, -0.2) is 23.1 Å². The number of benzene rings is 1. The summed E-state index contributed by atoms with van der Waals surface area (Å²) >= 11 is 1.66. The number of carbonyl (C=O) groups excluding carboxylic acids is 1. The molecule has 0 bridgehead atoms. The molecule has 18 heavy (non-hydrogen) atoms. The summed E-state index contributed by atoms with van der Waals surface area (Å²) in [5, 5.41) is 1.90. The topological polar surface area (TPSA) is 42.1 Å². The molecule has 0 atom stereocenters. The highest BCUT2D eigenvalue weighted by atomic mass is 32.2. The Kier molecular flexibility index (Phi) is 3.97. The van der Waals surface area contributed by atoms with Crippen molar-refractivity contribution >= 4 is 28.4 Å². The fraction of sp³-hybridized carbons (Fsp3) is 0.357. The van der Waals surface area contributed by atoms with E-state index in [1.165, 1.54) is 0 Å². The molecule has 0 radical (unpaired) electrons. The second-order valence-corrected chi connectivity index (χ2v) is 5.23. The smallest absolute Gasteiger partial charge is 0.163 e. The zero-order chi connectivity index (χ0) is 13.1. The molecule has 0 unspecified atom stereocenters. The summed E-state index contributed by atoms with van der Waals surface area (Å²) in [6.07, 6.45) is 0. The van der Waals surface area contributed by atoms with Gasteiger partial charge in [-0.05, 0) is 37.8 Å². The van der Waals surface area contributed by atoms with Gasteiger partial charge in [-0.2, -0.15) is 0 Å². The van der Waals surface area contributed by atoms with E-state index in [-0.39, 0.29) is 5.78 Å². The van der Waals surface area contributed by atoms with Crippen molar-refractivity contribution in [3.05, 3.63) is 23.8 Å². The third-order valence-corrected chi connectivity index (χ3v) is 3.57. The number of thioether (sulfide) groups is 1. The minimum Gasteiger partial charge on any atom is -0.494 e. The zero-order valence-electron chi connectivity index (χ0n) is 10.9. The highest BCUT2D eigenvalue weighted by Gasteiger charge is 2.15. The number of nitrogens with one attached hydrogen (secondary N) is 1. The first-order chi connectivity index (χ1) is 8.67. The molecule has 96 valence electrons. The SMILES string of the molecule is CCOc1ccc2[nH]c(SCC)c(C(C)=O)c2c1. The van der Waals surface area contributed by atoms with Crippen LogP contribution in [0.5, 0.6) is 5.75 Å². The molecule has 1 aromatic carbocycles. The van der Waals surface area contributed by atoms with Gasteiger partial charge in [0.25, 0.3) is 0 Å². The standard InChI is InChI=1S/C14H17NO2S/c1-4-17-10-6-7-12-11(8-10)13(9(3)16)14(15-12)18-5-2/h6-8,15H,4-5H2,1-3H3. The Morgan fingerprint density at radius 2 is 2.17 bits per heavy atom. The number of Topliss-reactive ketones (excluding diaryl/α,β-unsaturated/α-hetero) is 1. The molecule has 0 saturated carbocycles. The number of rotatable bonds is 5. The van der Waals surface area contributed by atoms with E-state index in [1.54, 1.807) is 18.7 Å². The van der Waals surface area contributed by atoms with Crippen LogP contribution in [0.1, 0.15) is 31.1 Å². The normalized spacial score (nSPS) is 10.8. The van der Waals surface area contributed by atoms with Crippen LogP contribution in [0.2, 0.25) is 0 Å². The number of aromatic nitrogens is 1. The maximum Gasteiger partial charge on any atom is 0.163 e. The first kappa shape index (κ1) is 13.0.